The Hall–Kier alpha value is -0.920. The van der Waals surface area contributed by atoms with Crippen LogP contribution in [0.2, 0.25) is 0 Å². The standard InChI is InChI=1S/C24H37ClFN3O3/c25-18-6-5-16(9-19(18)26)32-11-21(30)29-24-12-23(13-24,14-24)22(31)27-8-7-15-10-28-20-4-2-1-3-17(15)20/h15-20,28H,1-14H2,(H,27,31)(H,29,30). The zero-order chi connectivity index (χ0) is 22.3. The van der Waals surface area contributed by atoms with Gasteiger partial charge in [-0.15, -0.1) is 11.6 Å². The molecule has 6 fully saturated rings. The molecule has 6 atom stereocenters. The van der Waals surface area contributed by atoms with E-state index in [9.17, 15) is 14.0 Å². The number of carbonyl (C=O) groups excluding carboxylic acids is 2. The summed E-state index contributed by atoms with van der Waals surface area (Å²) in [5.41, 5.74) is -0.519. The normalized spacial score (nSPS) is 44.7. The van der Waals surface area contributed by atoms with Crippen molar-refractivity contribution in [3.8, 4) is 0 Å². The summed E-state index contributed by atoms with van der Waals surface area (Å²) in [7, 11) is 0. The number of alkyl halides is 2. The minimum atomic E-state index is -1.07. The SMILES string of the molecule is O=C(COC1CCC(Cl)C(F)C1)NC12CC(C(=O)NCCC3CNC4CCCCC34)(C1)C2. The Balaban J connectivity index is 0.979. The predicted octanol–water partition coefficient (Wildman–Crippen LogP) is 2.82. The number of fused-ring (bicyclic) bond motifs is 1. The van der Waals surface area contributed by atoms with Crippen molar-refractivity contribution in [1.29, 1.82) is 0 Å². The second kappa shape index (κ2) is 9.03. The topological polar surface area (TPSA) is 79.5 Å². The van der Waals surface area contributed by atoms with Crippen molar-refractivity contribution in [2.24, 2.45) is 17.3 Å². The molecular formula is C24H37ClFN3O3. The van der Waals surface area contributed by atoms with Crippen LogP contribution in [-0.2, 0) is 14.3 Å². The molecule has 0 aromatic rings. The van der Waals surface area contributed by atoms with Gasteiger partial charge in [0.15, 0.2) is 0 Å². The molecule has 0 radical (unpaired) electrons. The molecule has 5 aliphatic carbocycles. The Bertz CT molecular complexity index is 718. The number of hydrogen-bond acceptors (Lipinski definition) is 4. The molecular weight excluding hydrogens is 433 g/mol. The number of amides is 2. The van der Waals surface area contributed by atoms with Gasteiger partial charge in [0.2, 0.25) is 11.8 Å². The fourth-order valence-electron chi connectivity index (χ4n) is 7.19. The van der Waals surface area contributed by atoms with Crippen molar-refractivity contribution in [3.05, 3.63) is 0 Å². The van der Waals surface area contributed by atoms with Gasteiger partial charge in [-0.2, -0.15) is 0 Å². The van der Waals surface area contributed by atoms with Crippen LogP contribution in [0.4, 0.5) is 4.39 Å². The number of ether oxygens (including phenoxy) is 1. The van der Waals surface area contributed by atoms with E-state index in [-0.39, 0.29) is 41.9 Å². The summed E-state index contributed by atoms with van der Waals surface area (Å²) >= 11 is 5.90. The largest absolute Gasteiger partial charge is 0.368 e. The molecule has 0 spiro atoms. The third-order valence-corrected chi connectivity index (χ3v) is 9.37. The van der Waals surface area contributed by atoms with Gasteiger partial charge in [0.05, 0.1) is 16.9 Å². The molecule has 3 N–H and O–H groups in total. The molecule has 1 heterocycles. The first-order valence-electron chi connectivity index (χ1n) is 12.6. The molecule has 32 heavy (non-hydrogen) atoms. The van der Waals surface area contributed by atoms with Crippen LogP contribution in [0.15, 0.2) is 0 Å². The Kier molecular flexibility index (Phi) is 6.45. The monoisotopic (exact) mass is 469 g/mol. The fraction of sp³-hybridized carbons (Fsp3) is 0.917. The minimum absolute atomic E-state index is 0.0527. The van der Waals surface area contributed by atoms with E-state index in [2.05, 4.69) is 16.0 Å². The highest BCUT2D eigenvalue weighted by Crippen LogP contribution is 2.67. The van der Waals surface area contributed by atoms with Crippen molar-refractivity contribution < 1.29 is 18.7 Å². The highest BCUT2D eigenvalue weighted by atomic mass is 35.5. The lowest BCUT2D eigenvalue weighted by molar-refractivity contribution is -0.184. The molecule has 0 aromatic carbocycles. The second-order valence-electron chi connectivity index (χ2n) is 11.2. The first-order valence-corrected chi connectivity index (χ1v) is 13.0. The van der Waals surface area contributed by atoms with Gasteiger partial charge in [-0.25, -0.2) is 4.39 Å². The van der Waals surface area contributed by atoms with Gasteiger partial charge in [-0.3, -0.25) is 9.59 Å². The summed E-state index contributed by atoms with van der Waals surface area (Å²) in [5.74, 6) is 1.46. The molecule has 1 saturated heterocycles. The fourth-order valence-corrected chi connectivity index (χ4v) is 7.42. The van der Waals surface area contributed by atoms with Crippen molar-refractivity contribution >= 4 is 23.4 Å². The van der Waals surface area contributed by atoms with E-state index in [1.807, 2.05) is 0 Å². The Morgan fingerprint density at radius 1 is 1.12 bits per heavy atom. The molecule has 6 nitrogen and oxygen atoms in total. The number of nitrogens with one attached hydrogen (secondary N) is 3. The molecule has 0 aromatic heterocycles. The van der Waals surface area contributed by atoms with Crippen LogP contribution in [0.1, 0.15) is 70.6 Å². The summed E-state index contributed by atoms with van der Waals surface area (Å²) in [6, 6.07) is 0.697. The molecule has 6 aliphatic rings. The van der Waals surface area contributed by atoms with Gasteiger partial charge in [0.25, 0.3) is 0 Å². The van der Waals surface area contributed by atoms with Crippen LogP contribution in [0.25, 0.3) is 0 Å². The summed E-state index contributed by atoms with van der Waals surface area (Å²) in [6.45, 7) is 1.79. The summed E-state index contributed by atoms with van der Waals surface area (Å²) in [4.78, 5) is 25.1. The molecule has 2 amide bonds. The number of hydrogen-bond donors (Lipinski definition) is 3. The maximum atomic E-state index is 13.7. The molecule has 5 saturated carbocycles. The van der Waals surface area contributed by atoms with Crippen LogP contribution in [0, 0.1) is 17.3 Å². The first kappa shape index (κ1) is 22.9. The van der Waals surface area contributed by atoms with Gasteiger partial charge in [-0.1, -0.05) is 12.8 Å². The third-order valence-electron chi connectivity index (χ3n) is 8.88. The molecule has 180 valence electrons. The summed E-state index contributed by atoms with van der Waals surface area (Å²) in [6.07, 6.45) is 8.76. The predicted molar refractivity (Wildman–Crippen MR) is 120 cm³/mol. The van der Waals surface area contributed by atoms with Gasteiger partial charge in [0.1, 0.15) is 12.8 Å². The zero-order valence-electron chi connectivity index (χ0n) is 18.8. The smallest absolute Gasteiger partial charge is 0.246 e. The quantitative estimate of drug-likeness (QED) is 0.477. The molecule has 2 bridgehead atoms. The maximum absolute atomic E-state index is 13.7. The lowest BCUT2D eigenvalue weighted by Crippen LogP contribution is -2.78. The number of rotatable bonds is 8. The van der Waals surface area contributed by atoms with Crippen LogP contribution in [-0.4, -0.2) is 60.7 Å². The van der Waals surface area contributed by atoms with E-state index >= 15 is 0 Å². The Morgan fingerprint density at radius 3 is 2.69 bits per heavy atom. The summed E-state index contributed by atoms with van der Waals surface area (Å²) < 4.78 is 19.3. The first-order chi connectivity index (χ1) is 15.4. The van der Waals surface area contributed by atoms with E-state index in [1.54, 1.807) is 0 Å². The lowest BCUT2D eigenvalue weighted by atomic mass is 9.39. The third kappa shape index (κ3) is 4.41. The van der Waals surface area contributed by atoms with Crippen molar-refractivity contribution in [1.82, 2.24) is 16.0 Å². The molecule has 6 unspecified atom stereocenters. The average molecular weight is 470 g/mol. The highest BCUT2D eigenvalue weighted by Gasteiger charge is 2.72. The van der Waals surface area contributed by atoms with Gasteiger partial charge >= 0.3 is 0 Å². The zero-order valence-corrected chi connectivity index (χ0v) is 19.6. The van der Waals surface area contributed by atoms with Crippen LogP contribution in [0.5, 0.6) is 0 Å². The highest BCUT2D eigenvalue weighted by molar-refractivity contribution is 6.21. The maximum Gasteiger partial charge on any atom is 0.246 e. The molecule has 1 aliphatic heterocycles. The number of halogens is 2. The Morgan fingerprint density at radius 2 is 1.91 bits per heavy atom. The van der Waals surface area contributed by atoms with E-state index in [0.717, 1.165) is 44.7 Å². The van der Waals surface area contributed by atoms with Gasteiger partial charge in [0, 0.05) is 24.5 Å². The second-order valence-corrected chi connectivity index (χ2v) is 11.7. The van der Waals surface area contributed by atoms with Gasteiger partial charge < -0.3 is 20.7 Å². The number of carbonyl (C=O) groups is 2. The van der Waals surface area contributed by atoms with E-state index in [0.29, 0.717) is 24.8 Å². The van der Waals surface area contributed by atoms with Crippen LogP contribution < -0.4 is 16.0 Å². The summed E-state index contributed by atoms with van der Waals surface area (Å²) in [5, 5.41) is 9.48. The van der Waals surface area contributed by atoms with E-state index < -0.39 is 11.5 Å². The van der Waals surface area contributed by atoms with Crippen LogP contribution in [0.3, 0.4) is 0 Å². The van der Waals surface area contributed by atoms with Crippen molar-refractivity contribution in [2.75, 3.05) is 19.7 Å². The van der Waals surface area contributed by atoms with Crippen LogP contribution >= 0.6 is 11.6 Å². The minimum Gasteiger partial charge on any atom is -0.368 e. The molecule has 8 heteroatoms. The lowest BCUT2D eigenvalue weighted by Gasteiger charge is -2.69. The van der Waals surface area contributed by atoms with E-state index in [4.69, 9.17) is 16.3 Å². The van der Waals surface area contributed by atoms with Crippen molar-refractivity contribution in [3.63, 3.8) is 0 Å². The van der Waals surface area contributed by atoms with E-state index in [1.165, 1.54) is 25.7 Å². The molecule has 6 rings (SSSR count). The average Bonchev–Trinajstić information content (AvgIpc) is 3.13. The van der Waals surface area contributed by atoms with Gasteiger partial charge in [-0.05, 0) is 69.7 Å². The van der Waals surface area contributed by atoms with Crippen molar-refractivity contribution in [2.45, 2.75) is 99.9 Å². The Labute approximate surface area is 195 Å².